The molecule has 0 fully saturated rings. The summed E-state index contributed by atoms with van der Waals surface area (Å²) in [6.07, 6.45) is 2.27. The van der Waals surface area contributed by atoms with E-state index in [-0.39, 0.29) is 27.5 Å². The summed E-state index contributed by atoms with van der Waals surface area (Å²) in [5.41, 5.74) is 5.27. The first-order valence-corrected chi connectivity index (χ1v) is 7.24. The highest BCUT2D eigenvalue weighted by Gasteiger charge is 2.28. The highest BCUT2D eigenvalue weighted by molar-refractivity contribution is 6.34. The van der Waals surface area contributed by atoms with E-state index in [1.165, 1.54) is 0 Å². The number of hydrogen-bond donors (Lipinski definition) is 2. The molecular formula is C14H20ClN3O3. The molecule has 0 atom stereocenters. The van der Waals surface area contributed by atoms with Crippen LogP contribution in [0.25, 0.3) is 0 Å². The van der Waals surface area contributed by atoms with Crippen molar-refractivity contribution in [3.05, 3.63) is 32.8 Å². The van der Waals surface area contributed by atoms with Crippen LogP contribution in [0, 0.1) is 10.1 Å². The van der Waals surface area contributed by atoms with Crippen LogP contribution in [-0.2, 0) is 0 Å². The molecule has 0 saturated carbocycles. The Morgan fingerprint density at radius 1 is 1.33 bits per heavy atom. The Morgan fingerprint density at radius 3 is 2.29 bits per heavy atom. The summed E-state index contributed by atoms with van der Waals surface area (Å²) >= 11 is 5.87. The summed E-state index contributed by atoms with van der Waals surface area (Å²) in [4.78, 5) is 22.7. The SMILES string of the molecule is CCC(CC)(CC)NC(=O)c1cc([N+](=O)[O-])cc(Cl)c1N. The maximum Gasteiger partial charge on any atom is 0.271 e. The van der Waals surface area contributed by atoms with Gasteiger partial charge in [-0.2, -0.15) is 0 Å². The van der Waals surface area contributed by atoms with Crippen molar-refractivity contribution in [3.8, 4) is 0 Å². The molecule has 1 amide bonds. The van der Waals surface area contributed by atoms with Gasteiger partial charge in [0.2, 0.25) is 0 Å². The van der Waals surface area contributed by atoms with Gasteiger partial charge in [0, 0.05) is 17.7 Å². The molecule has 1 rings (SSSR count). The zero-order valence-corrected chi connectivity index (χ0v) is 13.2. The summed E-state index contributed by atoms with van der Waals surface area (Å²) < 4.78 is 0. The monoisotopic (exact) mass is 313 g/mol. The van der Waals surface area contributed by atoms with E-state index in [2.05, 4.69) is 5.32 Å². The smallest absolute Gasteiger partial charge is 0.271 e. The first-order chi connectivity index (χ1) is 9.80. The standard InChI is InChI=1S/C14H20ClN3O3/c1-4-14(5-2,6-3)17-13(19)10-7-9(18(20)21)8-11(15)12(10)16/h7-8H,4-6,16H2,1-3H3,(H,17,19). The molecule has 1 aromatic rings. The Labute approximate surface area is 128 Å². The Kier molecular flexibility index (Phi) is 5.54. The van der Waals surface area contributed by atoms with Gasteiger partial charge < -0.3 is 11.1 Å². The molecule has 0 heterocycles. The summed E-state index contributed by atoms with van der Waals surface area (Å²) in [5.74, 6) is -0.441. The fraction of sp³-hybridized carbons (Fsp3) is 0.500. The van der Waals surface area contributed by atoms with E-state index in [1.807, 2.05) is 20.8 Å². The van der Waals surface area contributed by atoms with Crippen molar-refractivity contribution in [2.75, 3.05) is 5.73 Å². The minimum atomic E-state index is -0.602. The number of nitrogen functional groups attached to an aromatic ring is 1. The average molecular weight is 314 g/mol. The second-order valence-electron chi connectivity index (χ2n) is 4.94. The second-order valence-corrected chi connectivity index (χ2v) is 5.35. The molecule has 0 aliphatic rings. The van der Waals surface area contributed by atoms with Crippen LogP contribution in [-0.4, -0.2) is 16.4 Å². The number of nitrogens with zero attached hydrogens (tertiary/aromatic N) is 1. The molecule has 7 heteroatoms. The number of nitrogens with two attached hydrogens (primary N) is 1. The van der Waals surface area contributed by atoms with Crippen molar-refractivity contribution in [1.29, 1.82) is 0 Å². The van der Waals surface area contributed by atoms with Crippen molar-refractivity contribution in [3.63, 3.8) is 0 Å². The lowest BCUT2D eigenvalue weighted by atomic mass is 9.89. The number of amides is 1. The number of halogens is 1. The molecule has 0 saturated heterocycles. The van der Waals surface area contributed by atoms with Gasteiger partial charge in [-0.05, 0) is 19.3 Å². The third-order valence-electron chi connectivity index (χ3n) is 3.98. The molecule has 21 heavy (non-hydrogen) atoms. The van der Waals surface area contributed by atoms with E-state index in [1.54, 1.807) is 0 Å². The van der Waals surface area contributed by atoms with Gasteiger partial charge in [0.15, 0.2) is 0 Å². The normalized spacial score (nSPS) is 11.2. The summed E-state index contributed by atoms with van der Waals surface area (Å²) in [6, 6.07) is 2.29. The number of non-ortho nitro benzene ring substituents is 1. The number of nitro groups is 1. The highest BCUT2D eigenvalue weighted by Crippen LogP contribution is 2.30. The highest BCUT2D eigenvalue weighted by atomic mass is 35.5. The number of carbonyl (C=O) groups is 1. The van der Waals surface area contributed by atoms with Crippen molar-refractivity contribution < 1.29 is 9.72 Å². The quantitative estimate of drug-likeness (QED) is 0.477. The second kappa shape index (κ2) is 6.76. The molecule has 0 bridgehead atoms. The topological polar surface area (TPSA) is 98.3 Å². The van der Waals surface area contributed by atoms with Gasteiger partial charge >= 0.3 is 0 Å². The van der Waals surface area contributed by atoms with E-state index in [9.17, 15) is 14.9 Å². The van der Waals surface area contributed by atoms with Crippen LogP contribution in [0.5, 0.6) is 0 Å². The minimum absolute atomic E-state index is 0.00412. The zero-order valence-electron chi connectivity index (χ0n) is 12.4. The number of anilines is 1. The molecule has 3 N–H and O–H groups in total. The largest absolute Gasteiger partial charge is 0.397 e. The van der Waals surface area contributed by atoms with Crippen LogP contribution in [0.4, 0.5) is 11.4 Å². The molecule has 1 aromatic carbocycles. The van der Waals surface area contributed by atoms with Gasteiger partial charge in [-0.1, -0.05) is 32.4 Å². The number of nitro benzene ring substituents is 1. The maximum absolute atomic E-state index is 12.4. The first kappa shape index (κ1) is 17.2. The van der Waals surface area contributed by atoms with Crippen molar-refractivity contribution in [1.82, 2.24) is 5.32 Å². The van der Waals surface area contributed by atoms with Gasteiger partial charge in [-0.3, -0.25) is 14.9 Å². The van der Waals surface area contributed by atoms with E-state index in [4.69, 9.17) is 17.3 Å². The van der Waals surface area contributed by atoms with Crippen LogP contribution in [0.3, 0.4) is 0 Å². The lowest BCUT2D eigenvalue weighted by Gasteiger charge is -2.32. The molecular weight excluding hydrogens is 294 g/mol. The Morgan fingerprint density at radius 2 is 1.86 bits per heavy atom. The third kappa shape index (κ3) is 3.64. The maximum atomic E-state index is 12.4. The fourth-order valence-electron chi connectivity index (χ4n) is 2.22. The fourth-order valence-corrected chi connectivity index (χ4v) is 2.43. The molecule has 0 spiro atoms. The Balaban J connectivity index is 3.21. The van der Waals surface area contributed by atoms with Crippen molar-refractivity contribution in [2.24, 2.45) is 0 Å². The van der Waals surface area contributed by atoms with Gasteiger partial charge in [0.05, 0.1) is 21.2 Å². The van der Waals surface area contributed by atoms with Crippen LogP contribution >= 0.6 is 11.6 Å². The zero-order chi connectivity index (χ0) is 16.2. The molecule has 6 nitrogen and oxygen atoms in total. The predicted octanol–water partition coefficient (Wildman–Crippen LogP) is 3.53. The molecule has 0 aliphatic carbocycles. The van der Waals surface area contributed by atoms with E-state index in [0.717, 1.165) is 31.4 Å². The lowest BCUT2D eigenvalue weighted by Crippen LogP contribution is -2.47. The van der Waals surface area contributed by atoms with Crippen molar-refractivity contribution in [2.45, 2.75) is 45.6 Å². The minimum Gasteiger partial charge on any atom is -0.397 e. The van der Waals surface area contributed by atoms with Crippen LogP contribution in [0.2, 0.25) is 5.02 Å². The van der Waals surface area contributed by atoms with Crippen LogP contribution in [0.15, 0.2) is 12.1 Å². The van der Waals surface area contributed by atoms with Gasteiger partial charge in [0.25, 0.3) is 11.6 Å². The Bertz CT molecular complexity index is 548. The average Bonchev–Trinajstić information content (AvgIpc) is 2.47. The number of hydrogen-bond acceptors (Lipinski definition) is 4. The summed E-state index contributed by atoms with van der Waals surface area (Å²) in [7, 11) is 0. The van der Waals surface area contributed by atoms with Gasteiger partial charge in [-0.25, -0.2) is 0 Å². The van der Waals surface area contributed by atoms with Gasteiger partial charge in [0.1, 0.15) is 0 Å². The lowest BCUT2D eigenvalue weighted by molar-refractivity contribution is -0.384. The summed E-state index contributed by atoms with van der Waals surface area (Å²) in [6.45, 7) is 5.95. The van der Waals surface area contributed by atoms with E-state index in [0.29, 0.717) is 0 Å². The number of rotatable bonds is 6. The first-order valence-electron chi connectivity index (χ1n) is 6.86. The number of benzene rings is 1. The third-order valence-corrected chi connectivity index (χ3v) is 4.29. The molecule has 0 aliphatic heterocycles. The summed E-state index contributed by atoms with van der Waals surface area (Å²) in [5, 5.41) is 13.8. The number of nitrogens with one attached hydrogen (secondary N) is 1. The molecule has 116 valence electrons. The molecule has 0 unspecified atom stereocenters. The van der Waals surface area contributed by atoms with E-state index < -0.39 is 10.8 Å². The van der Waals surface area contributed by atoms with Gasteiger partial charge in [-0.15, -0.1) is 0 Å². The van der Waals surface area contributed by atoms with Crippen LogP contribution < -0.4 is 11.1 Å². The van der Waals surface area contributed by atoms with Crippen molar-refractivity contribution >= 4 is 28.9 Å². The number of carbonyl (C=O) groups excluding carboxylic acids is 1. The molecule has 0 radical (unpaired) electrons. The molecule has 0 aromatic heterocycles. The van der Waals surface area contributed by atoms with Crippen LogP contribution in [0.1, 0.15) is 50.4 Å². The predicted molar refractivity (Wildman–Crippen MR) is 83.6 cm³/mol. The Hall–Kier alpha value is -1.82. The van der Waals surface area contributed by atoms with E-state index >= 15 is 0 Å².